The van der Waals surface area contributed by atoms with Gasteiger partial charge in [-0.3, -0.25) is 4.79 Å². The molecule has 0 aliphatic carbocycles. The Balaban J connectivity index is 1.60. The van der Waals surface area contributed by atoms with E-state index >= 15 is 0 Å². The van der Waals surface area contributed by atoms with Crippen molar-refractivity contribution in [2.24, 2.45) is 11.8 Å². The lowest BCUT2D eigenvalue weighted by atomic mass is 9.84. The highest BCUT2D eigenvalue weighted by Gasteiger charge is 2.22. The summed E-state index contributed by atoms with van der Waals surface area (Å²) < 4.78 is 6.13. The van der Waals surface area contributed by atoms with Crippen LogP contribution in [0.5, 0.6) is 5.75 Å². The number of anilines is 1. The normalized spacial score (nSPS) is 17.1. The van der Waals surface area contributed by atoms with E-state index in [1.54, 1.807) is 0 Å². The molecular formula is C23H30N2O2. The number of carbonyl (C=O) groups excluding carboxylic acids is 1. The molecule has 2 aromatic rings. The molecule has 2 atom stereocenters. The van der Waals surface area contributed by atoms with Crippen LogP contribution in [0.4, 0.5) is 5.69 Å². The zero-order valence-electron chi connectivity index (χ0n) is 16.3. The molecule has 1 fully saturated rings. The molecule has 4 heteroatoms. The van der Waals surface area contributed by atoms with E-state index in [1.807, 2.05) is 61.5 Å². The second kappa shape index (κ2) is 9.56. The Bertz CT molecular complexity index is 726. The van der Waals surface area contributed by atoms with Crippen LogP contribution in [-0.4, -0.2) is 19.0 Å². The van der Waals surface area contributed by atoms with Crippen LogP contribution in [0.2, 0.25) is 0 Å². The van der Waals surface area contributed by atoms with E-state index in [0.29, 0.717) is 24.0 Å². The highest BCUT2D eigenvalue weighted by molar-refractivity contribution is 5.92. The molecular weight excluding hydrogens is 336 g/mol. The Morgan fingerprint density at radius 2 is 1.74 bits per heavy atom. The number of ether oxygens (including phenoxy) is 1. The number of amides is 1. The van der Waals surface area contributed by atoms with Gasteiger partial charge in [-0.1, -0.05) is 49.4 Å². The van der Waals surface area contributed by atoms with Crippen LogP contribution in [0.15, 0.2) is 54.6 Å². The highest BCUT2D eigenvalue weighted by Crippen LogP contribution is 2.30. The fourth-order valence-electron chi connectivity index (χ4n) is 3.73. The first-order chi connectivity index (χ1) is 13.1. The number of hydrogen-bond acceptors (Lipinski definition) is 3. The third-order valence-electron chi connectivity index (χ3n) is 5.43. The van der Waals surface area contributed by atoms with E-state index in [2.05, 4.69) is 17.6 Å². The molecule has 2 unspecified atom stereocenters. The molecule has 1 heterocycles. The standard InChI is InChI=1S/C23H30N2O2/c1-17(19-12-14-24-15-13-19)16-23(26)25-21-10-6-7-11-22(21)27-18(2)20-8-4-3-5-9-20/h3-11,17-19,24H,12-16H2,1-2H3,(H,25,26). The van der Waals surface area contributed by atoms with Gasteiger partial charge < -0.3 is 15.4 Å². The molecule has 1 aliphatic heterocycles. The topological polar surface area (TPSA) is 50.4 Å². The monoisotopic (exact) mass is 366 g/mol. The quantitative estimate of drug-likeness (QED) is 0.741. The fraction of sp³-hybridized carbons (Fsp3) is 0.435. The van der Waals surface area contributed by atoms with Gasteiger partial charge >= 0.3 is 0 Å². The van der Waals surface area contributed by atoms with Crippen molar-refractivity contribution < 1.29 is 9.53 Å². The number of rotatable bonds is 7. The minimum atomic E-state index is -0.0853. The first-order valence-corrected chi connectivity index (χ1v) is 9.94. The minimum Gasteiger partial charge on any atom is -0.484 e. The second-order valence-electron chi connectivity index (χ2n) is 7.48. The Hall–Kier alpha value is -2.33. The van der Waals surface area contributed by atoms with Gasteiger partial charge in [0.1, 0.15) is 11.9 Å². The van der Waals surface area contributed by atoms with Gasteiger partial charge in [0.25, 0.3) is 0 Å². The Labute approximate surface area is 162 Å². The number of hydrogen-bond donors (Lipinski definition) is 2. The van der Waals surface area contributed by atoms with Crippen LogP contribution in [0, 0.1) is 11.8 Å². The molecule has 2 N–H and O–H groups in total. The van der Waals surface area contributed by atoms with Crippen LogP contribution in [0.25, 0.3) is 0 Å². The first-order valence-electron chi connectivity index (χ1n) is 9.94. The molecule has 3 rings (SSSR count). The van der Waals surface area contributed by atoms with Crippen molar-refractivity contribution in [2.75, 3.05) is 18.4 Å². The Kier molecular flexibility index (Phi) is 6.88. The summed E-state index contributed by atoms with van der Waals surface area (Å²) in [5, 5.41) is 6.44. The van der Waals surface area contributed by atoms with E-state index in [-0.39, 0.29) is 12.0 Å². The predicted octanol–water partition coefficient (Wildman–Crippen LogP) is 4.79. The number of carbonyl (C=O) groups is 1. The van der Waals surface area contributed by atoms with E-state index in [4.69, 9.17) is 4.74 Å². The van der Waals surface area contributed by atoms with Crippen LogP contribution >= 0.6 is 0 Å². The van der Waals surface area contributed by atoms with E-state index in [9.17, 15) is 4.79 Å². The molecule has 144 valence electrons. The van der Waals surface area contributed by atoms with Gasteiger partial charge in [0.05, 0.1) is 5.69 Å². The number of piperidine rings is 1. The predicted molar refractivity (Wildman–Crippen MR) is 110 cm³/mol. The third-order valence-corrected chi connectivity index (χ3v) is 5.43. The van der Waals surface area contributed by atoms with Gasteiger partial charge in [-0.25, -0.2) is 0 Å². The maximum absolute atomic E-state index is 12.6. The number of benzene rings is 2. The summed E-state index contributed by atoms with van der Waals surface area (Å²) in [5.74, 6) is 1.78. The molecule has 27 heavy (non-hydrogen) atoms. The molecule has 0 bridgehead atoms. The van der Waals surface area contributed by atoms with E-state index in [1.165, 1.54) is 0 Å². The van der Waals surface area contributed by atoms with Crippen molar-refractivity contribution >= 4 is 11.6 Å². The summed E-state index contributed by atoms with van der Waals surface area (Å²) in [6.07, 6.45) is 2.77. The van der Waals surface area contributed by atoms with Crippen LogP contribution in [0.3, 0.4) is 0 Å². The largest absolute Gasteiger partial charge is 0.484 e. The first kappa shape index (κ1) is 19.4. The summed E-state index contributed by atoms with van der Waals surface area (Å²) in [5.41, 5.74) is 1.85. The molecule has 4 nitrogen and oxygen atoms in total. The Morgan fingerprint density at radius 3 is 2.48 bits per heavy atom. The average Bonchev–Trinajstić information content (AvgIpc) is 2.70. The molecule has 1 saturated heterocycles. The highest BCUT2D eigenvalue weighted by atomic mass is 16.5. The van der Waals surface area contributed by atoms with Gasteiger partial charge in [-0.2, -0.15) is 0 Å². The van der Waals surface area contributed by atoms with Crippen molar-refractivity contribution in [3.8, 4) is 5.75 Å². The molecule has 0 spiro atoms. The molecule has 0 saturated carbocycles. The summed E-state index contributed by atoms with van der Waals surface area (Å²) in [4.78, 5) is 12.6. The zero-order valence-corrected chi connectivity index (χ0v) is 16.3. The van der Waals surface area contributed by atoms with Gasteiger partial charge in [-0.05, 0) is 62.4 Å². The second-order valence-corrected chi connectivity index (χ2v) is 7.48. The van der Waals surface area contributed by atoms with Crippen LogP contribution in [-0.2, 0) is 4.79 Å². The number of para-hydroxylation sites is 2. The van der Waals surface area contributed by atoms with Crippen LogP contribution < -0.4 is 15.4 Å². The number of nitrogens with one attached hydrogen (secondary N) is 2. The maximum Gasteiger partial charge on any atom is 0.224 e. The molecule has 1 amide bonds. The summed E-state index contributed by atoms with van der Waals surface area (Å²) in [6, 6.07) is 17.8. The van der Waals surface area contributed by atoms with Gasteiger partial charge in [0, 0.05) is 6.42 Å². The van der Waals surface area contributed by atoms with Gasteiger partial charge in [-0.15, -0.1) is 0 Å². The van der Waals surface area contributed by atoms with E-state index < -0.39 is 0 Å². The van der Waals surface area contributed by atoms with Crippen molar-refractivity contribution in [3.05, 3.63) is 60.2 Å². The summed E-state index contributed by atoms with van der Waals surface area (Å²) in [6.45, 7) is 6.33. The lowest BCUT2D eigenvalue weighted by Gasteiger charge is -2.28. The third kappa shape index (κ3) is 5.57. The van der Waals surface area contributed by atoms with Crippen molar-refractivity contribution in [1.29, 1.82) is 0 Å². The molecule has 0 radical (unpaired) electrons. The summed E-state index contributed by atoms with van der Waals surface area (Å²) >= 11 is 0. The Morgan fingerprint density at radius 1 is 1.07 bits per heavy atom. The summed E-state index contributed by atoms with van der Waals surface area (Å²) in [7, 11) is 0. The minimum absolute atomic E-state index is 0.0597. The van der Waals surface area contributed by atoms with Gasteiger partial charge in [0.2, 0.25) is 5.91 Å². The zero-order chi connectivity index (χ0) is 19.1. The fourth-order valence-corrected chi connectivity index (χ4v) is 3.73. The lowest BCUT2D eigenvalue weighted by molar-refractivity contribution is -0.117. The van der Waals surface area contributed by atoms with Crippen molar-refractivity contribution in [1.82, 2.24) is 5.32 Å². The van der Waals surface area contributed by atoms with Crippen molar-refractivity contribution in [3.63, 3.8) is 0 Å². The molecule has 2 aromatic carbocycles. The average molecular weight is 367 g/mol. The van der Waals surface area contributed by atoms with Crippen LogP contribution in [0.1, 0.15) is 44.8 Å². The SMILES string of the molecule is CC(Oc1ccccc1NC(=O)CC(C)C1CCNCC1)c1ccccc1. The molecule has 0 aromatic heterocycles. The van der Waals surface area contributed by atoms with Crippen molar-refractivity contribution in [2.45, 2.75) is 39.2 Å². The maximum atomic E-state index is 12.6. The molecule has 1 aliphatic rings. The van der Waals surface area contributed by atoms with E-state index in [0.717, 1.165) is 37.2 Å². The van der Waals surface area contributed by atoms with Gasteiger partial charge in [0.15, 0.2) is 0 Å². The smallest absolute Gasteiger partial charge is 0.224 e. The lowest BCUT2D eigenvalue weighted by Crippen LogP contribution is -2.32.